The number of ether oxygens (including phenoxy) is 1. The van der Waals surface area contributed by atoms with E-state index in [1.807, 2.05) is 60.7 Å². The number of halogens is 1. The maximum absolute atomic E-state index is 12.6. The summed E-state index contributed by atoms with van der Waals surface area (Å²) in [5, 5.41) is 0. The van der Waals surface area contributed by atoms with E-state index in [0.29, 0.717) is 11.3 Å². The molecular weight excluding hydrogens is 418 g/mol. The Balaban J connectivity index is 1.46. The molecule has 2 heterocycles. The normalized spacial score (nSPS) is 14.5. The number of hydrogen-bond acceptors (Lipinski definition) is 4. The molecule has 1 aliphatic heterocycles. The van der Waals surface area contributed by atoms with Crippen LogP contribution in [0.2, 0.25) is 0 Å². The van der Waals surface area contributed by atoms with Gasteiger partial charge in [0.1, 0.15) is 11.5 Å². The Hall–Kier alpha value is -2.63. The van der Waals surface area contributed by atoms with Gasteiger partial charge in [0.25, 0.3) is 0 Å². The largest absolute Gasteiger partial charge is 0.457 e. The molecule has 1 aromatic heterocycles. The smallest absolute Gasteiger partial charge is 0.186 e. The summed E-state index contributed by atoms with van der Waals surface area (Å²) >= 11 is 3.43. The van der Waals surface area contributed by atoms with Crippen molar-refractivity contribution < 1.29 is 13.9 Å². The topological polar surface area (TPSA) is 42.7 Å². The maximum atomic E-state index is 12.6. The number of ketones is 1. The summed E-state index contributed by atoms with van der Waals surface area (Å²) in [4.78, 5) is 14.8. The SMILES string of the molecule is O=C(/C=C/c1ccc(-c2ccc(Br)cc2)o1)c1cccc(N2CCOCC2)c1. The summed E-state index contributed by atoms with van der Waals surface area (Å²) in [5.74, 6) is 1.38. The number of rotatable bonds is 5. The van der Waals surface area contributed by atoms with Crippen LogP contribution < -0.4 is 4.90 Å². The number of morpholine rings is 1. The minimum absolute atomic E-state index is 0.0447. The highest BCUT2D eigenvalue weighted by atomic mass is 79.9. The van der Waals surface area contributed by atoms with Crippen molar-refractivity contribution in [1.29, 1.82) is 0 Å². The predicted octanol–water partition coefficient (Wildman–Crippen LogP) is 5.44. The van der Waals surface area contributed by atoms with E-state index in [4.69, 9.17) is 9.15 Å². The first-order valence-electron chi connectivity index (χ1n) is 9.20. The lowest BCUT2D eigenvalue weighted by Gasteiger charge is -2.29. The van der Waals surface area contributed by atoms with Crippen molar-refractivity contribution in [1.82, 2.24) is 0 Å². The first-order chi connectivity index (χ1) is 13.7. The number of carbonyl (C=O) groups is 1. The molecule has 0 saturated carbocycles. The summed E-state index contributed by atoms with van der Waals surface area (Å²) in [6.45, 7) is 3.13. The number of benzene rings is 2. The standard InChI is InChI=1S/C23H20BrNO3/c24-19-6-4-17(5-7-19)23-11-9-21(28-23)8-10-22(26)18-2-1-3-20(16-18)25-12-14-27-15-13-25/h1-11,16H,12-15H2/b10-8+. The van der Waals surface area contributed by atoms with Crippen LogP contribution in [0.4, 0.5) is 5.69 Å². The van der Waals surface area contributed by atoms with E-state index in [9.17, 15) is 4.79 Å². The molecular formula is C23H20BrNO3. The van der Waals surface area contributed by atoms with Crippen LogP contribution in [-0.2, 0) is 4.74 Å². The Morgan fingerprint density at radius 1 is 1.00 bits per heavy atom. The Morgan fingerprint density at radius 3 is 2.57 bits per heavy atom. The van der Waals surface area contributed by atoms with Crippen molar-refractivity contribution in [3.8, 4) is 11.3 Å². The number of nitrogens with zero attached hydrogens (tertiary/aromatic N) is 1. The molecule has 1 aliphatic rings. The molecule has 4 rings (SSSR count). The highest BCUT2D eigenvalue weighted by Gasteiger charge is 2.12. The first-order valence-corrected chi connectivity index (χ1v) is 9.99. The van der Waals surface area contributed by atoms with E-state index >= 15 is 0 Å². The van der Waals surface area contributed by atoms with E-state index in [0.717, 1.165) is 47.8 Å². The second kappa shape index (κ2) is 8.59. The van der Waals surface area contributed by atoms with Crippen LogP contribution in [0.1, 0.15) is 16.1 Å². The van der Waals surface area contributed by atoms with Gasteiger partial charge in [0, 0.05) is 34.4 Å². The fraction of sp³-hybridized carbons (Fsp3) is 0.174. The molecule has 28 heavy (non-hydrogen) atoms. The molecule has 0 unspecified atom stereocenters. The fourth-order valence-corrected chi connectivity index (χ4v) is 3.41. The zero-order valence-corrected chi connectivity index (χ0v) is 16.9. The van der Waals surface area contributed by atoms with Crippen molar-refractivity contribution >= 4 is 33.5 Å². The molecule has 0 N–H and O–H groups in total. The monoisotopic (exact) mass is 437 g/mol. The summed E-state index contributed by atoms with van der Waals surface area (Å²) < 4.78 is 12.3. The lowest BCUT2D eigenvalue weighted by atomic mass is 10.1. The van der Waals surface area contributed by atoms with Gasteiger partial charge < -0.3 is 14.1 Å². The number of anilines is 1. The van der Waals surface area contributed by atoms with Crippen LogP contribution in [0.3, 0.4) is 0 Å². The van der Waals surface area contributed by atoms with Gasteiger partial charge in [0.2, 0.25) is 0 Å². The van der Waals surface area contributed by atoms with Gasteiger partial charge in [0.15, 0.2) is 5.78 Å². The maximum Gasteiger partial charge on any atom is 0.186 e. The molecule has 0 amide bonds. The average Bonchev–Trinajstić information content (AvgIpc) is 3.22. The van der Waals surface area contributed by atoms with Crippen LogP contribution >= 0.6 is 15.9 Å². The first kappa shape index (κ1) is 18.7. The molecule has 2 aromatic carbocycles. The van der Waals surface area contributed by atoms with Crippen LogP contribution in [0.15, 0.2) is 75.6 Å². The highest BCUT2D eigenvalue weighted by Crippen LogP contribution is 2.25. The van der Waals surface area contributed by atoms with E-state index < -0.39 is 0 Å². The lowest BCUT2D eigenvalue weighted by Crippen LogP contribution is -2.36. The van der Waals surface area contributed by atoms with E-state index in [2.05, 4.69) is 20.8 Å². The van der Waals surface area contributed by atoms with Crippen molar-refractivity contribution in [2.24, 2.45) is 0 Å². The molecule has 142 valence electrons. The summed E-state index contributed by atoms with van der Waals surface area (Å²) in [6.07, 6.45) is 3.27. The summed E-state index contributed by atoms with van der Waals surface area (Å²) in [7, 11) is 0. The Bertz CT molecular complexity index is 985. The number of carbonyl (C=O) groups excluding carboxylic acids is 1. The van der Waals surface area contributed by atoms with Crippen LogP contribution in [0.25, 0.3) is 17.4 Å². The van der Waals surface area contributed by atoms with Crippen molar-refractivity contribution in [3.63, 3.8) is 0 Å². The Kier molecular flexibility index (Phi) is 5.74. The van der Waals surface area contributed by atoms with E-state index in [1.165, 1.54) is 0 Å². The highest BCUT2D eigenvalue weighted by molar-refractivity contribution is 9.10. The van der Waals surface area contributed by atoms with Crippen LogP contribution in [-0.4, -0.2) is 32.1 Å². The molecule has 0 radical (unpaired) electrons. The van der Waals surface area contributed by atoms with Gasteiger partial charge in [-0.3, -0.25) is 4.79 Å². The zero-order chi connectivity index (χ0) is 19.3. The minimum Gasteiger partial charge on any atom is -0.457 e. The Morgan fingerprint density at radius 2 is 1.79 bits per heavy atom. The van der Waals surface area contributed by atoms with E-state index in [1.54, 1.807) is 12.2 Å². The van der Waals surface area contributed by atoms with Gasteiger partial charge in [0.05, 0.1) is 13.2 Å². The van der Waals surface area contributed by atoms with Crippen molar-refractivity contribution in [2.75, 3.05) is 31.2 Å². The molecule has 4 nitrogen and oxygen atoms in total. The summed E-state index contributed by atoms with van der Waals surface area (Å²) in [5.41, 5.74) is 2.71. The van der Waals surface area contributed by atoms with Gasteiger partial charge in [-0.05, 0) is 48.6 Å². The van der Waals surface area contributed by atoms with Crippen LogP contribution in [0.5, 0.6) is 0 Å². The molecule has 0 aliphatic carbocycles. The quantitative estimate of drug-likeness (QED) is 0.393. The van der Waals surface area contributed by atoms with Gasteiger partial charge in [-0.2, -0.15) is 0 Å². The number of hydrogen-bond donors (Lipinski definition) is 0. The third-order valence-electron chi connectivity index (χ3n) is 4.66. The summed E-state index contributed by atoms with van der Waals surface area (Å²) in [6, 6.07) is 19.4. The number of allylic oxidation sites excluding steroid dienone is 1. The average molecular weight is 438 g/mol. The molecule has 1 fully saturated rings. The van der Waals surface area contributed by atoms with Gasteiger partial charge in [-0.15, -0.1) is 0 Å². The minimum atomic E-state index is -0.0447. The lowest BCUT2D eigenvalue weighted by molar-refractivity contribution is 0.104. The number of furan rings is 1. The van der Waals surface area contributed by atoms with Gasteiger partial charge in [-0.25, -0.2) is 0 Å². The fourth-order valence-electron chi connectivity index (χ4n) is 3.14. The van der Waals surface area contributed by atoms with Crippen molar-refractivity contribution in [2.45, 2.75) is 0 Å². The second-order valence-corrected chi connectivity index (χ2v) is 7.47. The van der Waals surface area contributed by atoms with Gasteiger partial charge in [-0.1, -0.05) is 40.2 Å². The molecule has 1 saturated heterocycles. The zero-order valence-electron chi connectivity index (χ0n) is 15.3. The Labute approximate surface area is 172 Å². The predicted molar refractivity (Wildman–Crippen MR) is 115 cm³/mol. The molecule has 3 aromatic rings. The third kappa shape index (κ3) is 4.43. The van der Waals surface area contributed by atoms with E-state index in [-0.39, 0.29) is 5.78 Å². The second-order valence-electron chi connectivity index (χ2n) is 6.56. The molecule has 0 atom stereocenters. The molecule has 5 heteroatoms. The third-order valence-corrected chi connectivity index (χ3v) is 5.19. The van der Waals surface area contributed by atoms with Crippen molar-refractivity contribution in [3.05, 3.63) is 82.5 Å². The molecule has 0 spiro atoms. The molecule has 0 bridgehead atoms. The van der Waals surface area contributed by atoms with Crippen LogP contribution in [0, 0.1) is 0 Å². The van der Waals surface area contributed by atoms with Gasteiger partial charge >= 0.3 is 0 Å².